The molecule has 1 fully saturated rings. The van der Waals surface area contributed by atoms with E-state index in [2.05, 4.69) is 0 Å². The summed E-state index contributed by atoms with van der Waals surface area (Å²) in [4.78, 5) is 13.3. The molecule has 0 saturated heterocycles. The minimum Gasteiger partial charge on any atom is -0.330 e. The first-order valence-corrected chi connectivity index (χ1v) is 8.13. The van der Waals surface area contributed by atoms with Crippen LogP contribution < -0.4 is 11.5 Å². The fraction of sp³-hybridized carbons (Fsp3) is 0.421. The lowest BCUT2D eigenvalue weighted by atomic mass is 9.65. The Balaban J connectivity index is 2.03. The van der Waals surface area contributed by atoms with Gasteiger partial charge in [-0.15, -0.1) is 0 Å². The van der Waals surface area contributed by atoms with Gasteiger partial charge in [0.2, 0.25) is 0 Å². The maximum atomic E-state index is 13.3. The monoisotopic (exact) mass is 296 g/mol. The third-order valence-electron chi connectivity index (χ3n) is 5.19. The van der Waals surface area contributed by atoms with Crippen molar-refractivity contribution in [3.63, 3.8) is 0 Å². The van der Waals surface area contributed by atoms with Crippen molar-refractivity contribution in [3.8, 4) is 0 Å². The van der Waals surface area contributed by atoms with Crippen LogP contribution in [0.1, 0.15) is 36.0 Å². The van der Waals surface area contributed by atoms with Crippen LogP contribution in [-0.2, 0) is 0 Å². The SMILES string of the molecule is NCC1CCCC(CN)(C(=O)c2cccc3ccccc23)C1. The number of fused-ring (bicyclic) bond motifs is 1. The summed E-state index contributed by atoms with van der Waals surface area (Å²) in [5, 5.41) is 2.13. The van der Waals surface area contributed by atoms with Gasteiger partial charge in [-0.2, -0.15) is 0 Å². The number of carbonyl (C=O) groups excluding carboxylic acids is 1. The molecular formula is C19H24N2O. The summed E-state index contributed by atoms with van der Waals surface area (Å²) in [5.41, 5.74) is 12.3. The molecule has 2 aromatic carbocycles. The predicted octanol–water partition coefficient (Wildman–Crippen LogP) is 3.12. The van der Waals surface area contributed by atoms with E-state index in [-0.39, 0.29) is 5.78 Å². The molecule has 0 radical (unpaired) electrons. The normalized spacial score (nSPS) is 25.3. The molecule has 2 atom stereocenters. The maximum absolute atomic E-state index is 13.3. The largest absolute Gasteiger partial charge is 0.330 e. The van der Waals surface area contributed by atoms with Crippen LogP contribution in [0.4, 0.5) is 0 Å². The molecule has 1 aliphatic carbocycles. The lowest BCUT2D eigenvalue weighted by Gasteiger charge is -2.39. The van der Waals surface area contributed by atoms with Crippen LogP contribution in [0.25, 0.3) is 10.8 Å². The second-order valence-corrected chi connectivity index (χ2v) is 6.54. The van der Waals surface area contributed by atoms with Crippen molar-refractivity contribution < 1.29 is 4.79 Å². The lowest BCUT2D eigenvalue weighted by molar-refractivity contribution is 0.0673. The molecule has 3 heteroatoms. The smallest absolute Gasteiger partial charge is 0.170 e. The standard InChI is InChI=1S/C19H24N2O/c20-12-14-5-4-10-19(11-14,13-21)18(22)17-9-3-7-15-6-1-2-8-16(15)17/h1-3,6-9,14H,4-5,10-13,20-21H2. The van der Waals surface area contributed by atoms with Crippen LogP contribution in [-0.4, -0.2) is 18.9 Å². The Hall–Kier alpha value is -1.71. The second kappa shape index (κ2) is 6.19. The number of ketones is 1. The van der Waals surface area contributed by atoms with E-state index in [1.54, 1.807) is 0 Å². The van der Waals surface area contributed by atoms with Gasteiger partial charge < -0.3 is 11.5 Å². The number of carbonyl (C=O) groups is 1. The van der Waals surface area contributed by atoms with Gasteiger partial charge in [-0.05, 0) is 42.5 Å². The first-order chi connectivity index (χ1) is 10.7. The number of hydrogen-bond acceptors (Lipinski definition) is 3. The number of nitrogens with two attached hydrogens (primary N) is 2. The summed E-state index contributed by atoms with van der Waals surface area (Å²) in [5.74, 6) is 0.612. The summed E-state index contributed by atoms with van der Waals surface area (Å²) >= 11 is 0. The average Bonchev–Trinajstić information content (AvgIpc) is 2.60. The molecule has 0 spiro atoms. The Bertz CT molecular complexity index is 677. The molecule has 2 unspecified atom stereocenters. The zero-order valence-corrected chi connectivity index (χ0v) is 12.9. The van der Waals surface area contributed by atoms with Crippen LogP contribution in [0.5, 0.6) is 0 Å². The number of rotatable bonds is 4. The van der Waals surface area contributed by atoms with Gasteiger partial charge in [0.1, 0.15) is 0 Å². The molecule has 0 amide bonds. The average molecular weight is 296 g/mol. The van der Waals surface area contributed by atoms with E-state index >= 15 is 0 Å². The van der Waals surface area contributed by atoms with E-state index in [9.17, 15) is 4.79 Å². The molecule has 0 aromatic heterocycles. The Labute approximate surface area is 131 Å². The van der Waals surface area contributed by atoms with Crippen LogP contribution in [0.15, 0.2) is 42.5 Å². The zero-order valence-electron chi connectivity index (χ0n) is 12.9. The van der Waals surface area contributed by atoms with Crippen LogP contribution in [0.3, 0.4) is 0 Å². The molecule has 0 aliphatic heterocycles. The first-order valence-electron chi connectivity index (χ1n) is 8.13. The molecule has 22 heavy (non-hydrogen) atoms. The third kappa shape index (κ3) is 2.55. The summed E-state index contributed by atoms with van der Waals surface area (Å²) in [6, 6.07) is 14.0. The van der Waals surface area contributed by atoms with Gasteiger partial charge in [-0.25, -0.2) is 0 Å². The molecule has 2 aromatic rings. The highest BCUT2D eigenvalue weighted by molar-refractivity contribution is 6.10. The van der Waals surface area contributed by atoms with Crippen molar-refractivity contribution in [2.24, 2.45) is 22.8 Å². The number of benzene rings is 2. The Morgan fingerprint density at radius 3 is 2.68 bits per heavy atom. The highest BCUT2D eigenvalue weighted by Gasteiger charge is 2.41. The van der Waals surface area contributed by atoms with Gasteiger partial charge in [0.05, 0.1) is 0 Å². The van der Waals surface area contributed by atoms with E-state index in [0.29, 0.717) is 19.0 Å². The molecule has 0 bridgehead atoms. The Morgan fingerprint density at radius 2 is 1.91 bits per heavy atom. The fourth-order valence-electron chi connectivity index (χ4n) is 3.88. The molecule has 1 saturated carbocycles. The van der Waals surface area contributed by atoms with E-state index in [1.165, 1.54) is 0 Å². The summed E-state index contributed by atoms with van der Waals surface area (Å²) in [7, 11) is 0. The van der Waals surface area contributed by atoms with Gasteiger partial charge in [-0.3, -0.25) is 4.79 Å². The Kier molecular flexibility index (Phi) is 4.27. The van der Waals surface area contributed by atoms with Gasteiger partial charge in [0.25, 0.3) is 0 Å². The minimum absolute atomic E-state index is 0.199. The minimum atomic E-state index is -0.438. The maximum Gasteiger partial charge on any atom is 0.170 e. The highest BCUT2D eigenvalue weighted by Crippen LogP contribution is 2.41. The molecule has 0 heterocycles. The zero-order chi connectivity index (χ0) is 15.6. The van der Waals surface area contributed by atoms with Crippen LogP contribution >= 0.6 is 0 Å². The van der Waals surface area contributed by atoms with Gasteiger partial charge in [0.15, 0.2) is 5.78 Å². The van der Waals surface area contributed by atoms with Gasteiger partial charge in [-0.1, -0.05) is 48.9 Å². The third-order valence-corrected chi connectivity index (χ3v) is 5.19. The van der Waals surface area contributed by atoms with E-state index < -0.39 is 5.41 Å². The molecular weight excluding hydrogens is 272 g/mol. The van der Waals surface area contributed by atoms with Gasteiger partial charge >= 0.3 is 0 Å². The summed E-state index contributed by atoms with van der Waals surface area (Å²) in [6.45, 7) is 1.05. The van der Waals surface area contributed by atoms with Crippen molar-refractivity contribution >= 4 is 16.6 Å². The molecule has 3 nitrogen and oxygen atoms in total. The fourth-order valence-corrected chi connectivity index (χ4v) is 3.88. The molecule has 1 aliphatic rings. The van der Waals surface area contributed by atoms with Crippen LogP contribution in [0, 0.1) is 11.3 Å². The van der Waals surface area contributed by atoms with Crippen molar-refractivity contribution in [3.05, 3.63) is 48.0 Å². The predicted molar refractivity (Wildman–Crippen MR) is 90.8 cm³/mol. The molecule has 116 valence electrons. The van der Waals surface area contributed by atoms with Crippen molar-refractivity contribution in [1.82, 2.24) is 0 Å². The molecule has 3 rings (SSSR count). The van der Waals surface area contributed by atoms with Crippen molar-refractivity contribution in [1.29, 1.82) is 0 Å². The summed E-state index contributed by atoms with van der Waals surface area (Å²) in [6.07, 6.45) is 3.85. The Morgan fingerprint density at radius 1 is 1.14 bits per heavy atom. The number of hydrogen-bond donors (Lipinski definition) is 2. The second-order valence-electron chi connectivity index (χ2n) is 6.54. The van der Waals surface area contributed by atoms with E-state index in [4.69, 9.17) is 11.5 Å². The highest BCUT2D eigenvalue weighted by atomic mass is 16.1. The van der Waals surface area contributed by atoms with Crippen LogP contribution in [0.2, 0.25) is 0 Å². The molecule has 4 N–H and O–H groups in total. The lowest BCUT2D eigenvalue weighted by Crippen LogP contribution is -2.44. The first kappa shape index (κ1) is 15.2. The van der Waals surface area contributed by atoms with Crippen molar-refractivity contribution in [2.75, 3.05) is 13.1 Å². The topological polar surface area (TPSA) is 69.1 Å². The summed E-state index contributed by atoms with van der Waals surface area (Å²) < 4.78 is 0. The van der Waals surface area contributed by atoms with E-state index in [1.807, 2.05) is 42.5 Å². The number of Topliss-reactive ketones (excluding diaryl/α,β-unsaturated/α-hetero) is 1. The van der Waals surface area contributed by atoms with Gasteiger partial charge in [0, 0.05) is 17.5 Å². The quantitative estimate of drug-likeness (QED) is 0.852. The van der Waals surface area contributed by atoms with E-state index in [0.717, 1.165) is 42.0 Å². The van der Waals surface area contributed by atoms with Crippen molar-refractivity contribution in [2.45, 2.75) is 25.7 Å².